The van der Waals surface area contributed by atoms with E-state index in [9.17, 15) is 14.4 Å². The summed E-state index contributed by atoms with van der Waals surface area (Å²) in [6, 6.07) is 0. The number of ketones is 1. The summed E-state index contributed by atoms with van der Waals surface area (Å²) in [6.45, 7) is 1.22. The van der Waals surface area contributed by atoms with Crippen molar-refractivity contribution in [2.45, 2.75) is 19.8 Å². The van der Waals surface area contributed by atoms with E-state index in [-0.39, 0.29) is 43.8 Å². The molecule has 0 saturated carbocycles. The van der Waals surface area contributed by atoms with Gasteiger partial charge in [0.1, 0.15) is 13.3 Å². The first-order valence-corrected chi connectivity index (χ1v) is 4.01. The van der Waals surface area contributed by atoms with Gasteiger partial charge in [-0.3, -0.25) is 19.3 Å². The monoisotopic (exact) mass is 185 g/mol. The van der Waals surface area contributed by atoms with Crippen molar-refractivity contribution in [3.05, 3.63) is 0 Å². The van der Waals surface area contributed by atoms with Crippen molar-refractivity contribution < 1.29 is 19.1 Å². The van der Waals surface area contributed by atoms with Crippen LogP contribution in [0.1, 0.15) is 19.8 Å². The maximum Gasteiger partial charge on any atom is 0.231 e. The molecular weight excluding hydrogens is 174 g/mol. The Bertz CT molecular complexity index is 233. The first-order valence-electron chi connectivity index (χ1n) is 4.01. The van der Waals surface area contributed by atoms with Crippen LogP contribution < -0.4 is 0 Å². The largest absolute Gasteiger partial charge is 0.353 e. The molecule has 13 heavy (non-hydrogen) atoms. The molecule has 5 nitrogen and oxygen atoms in total. The Labute approximate surface area is 75.6 Å². The van der Waals surface area contributed by atoms with E-state index < -0.39 is 0 Å². The molecule has 0 unspecified atom stereocenters. The number of ether oxygens (including phenoxy) is 1. The van der Waals surface area contributed by atoms with Crippen LogP contribution in [0.3, 0.4) is 0 Å². The maximum atomic E-state index is 11.0. The Morgan fingerprint density at radius 1 is 1.38 bits per heavy atom. The Morgan fingerprint density at radius 2 is 1.92 bits per heavy atom. The molecule has 1 heterocycles. The molecule has 0 radical (unpaired) electrons. The first-order chi connectivity index (χ1) is 6.11. The van der Waals surface area contributed by atoms with Crippen molar-refractivity contribution in [2.24, 2.45) is 0 Å². The molecule has 1 rings (SSSR count). The molecule has 72 valence electrons. The molecule has 2 amide bonds. The second-order valence-corrected chi connectivity index (χ2v) is 2.90. The van der Waals surface area contributed by atoms with Crippen LogP contribution >= 0.6 is 0 Å². The lowest BCUT2D eigenvalue weighted by Crippen LogP contribution is -2.32. The average Bonchev–Trinajstić information content (AvgIpc) is 2.34. The Balaban J connectivity index is 2.31. The number of carbonyl (C=O) groups is 3. The molecule has 0 aliphatic carbocycles. The lowest BCUT2D eigenvalue weighted by atomic mass is 10.4. The molecule has 1 aliphatic rings. The minimum atomic E-state index is -0.228. The number of Topliss-reactive ketones (excluding diaryl/α,β-unsaturated/α-hetero) is 1. The number of hydrogen-bond acceptors (Lipinski definition) is 4. The summed E-state index contributed by atoms with van der Waals surface area (Å²) in [4.78, 5) is 33.5. The van der Waals surface area contributed by atoms with Crippen molar-refractivity contribution in [1.29, 1.82) is 0 Å². The minimum Gasteiger partial charge on any atom is -0.353 e. The van der Waals surface area contributed by atoms with Gasteiger partial charge in [0.25, 0.3) is 0 Å². The summed E-state index contributed by atoms with van der Waals surface area (Å²) in [5.74, 6) is -0.582. The van der Waals surface area contributed by atoms with E-state index in [1.807, 2.05) is 0 Å². The topological polar surface area (TPSA) is 63.7 Å². The van der Waals surface area contributed by atoms with Crippen LogP contribution in [0.2, 0.25) is 0 Å². The van der Waals surface area contributed by atoms with E-state index in [0.717, 1.165) is 4.90 Å². The summed E-state index contributed by atoms with van der Waals surface area (Å²) >= 11 is 0. The predicted molar refractivity (Wildman–Crippen MR) is 42.6 cm³/mol. The van der Waals surface area contributed by atoms with E-state index in [4.69, 9.17) is 4.74 Å². The summed E-state index contributed by atoms with van der Waals surface area (Å²) in [5.41, 5.74) is 0. The number of hydrogen-bond donors (Lipinski definition) is 0. The highest BCUT2D eigenvalue weighted by Crippen LogP contribution is 2.10. The normalized spacial score (nSPS) is 16.8. The highest BCUT2D eigenvalue weighted by molar-refractivity contribution is 6.01. The maximum absolute atomic E-state index is 11.0. The SMILES string of the molecule is CC(=O)COCN1C(=O)CCC1=O. The number of likely N-dealkylation sites (tertiary alicyclic amines) is 1. The van der Waals surface area contributed by atoms with E-state index in [1.54, 1.807) is 0 Å². The third-order valence-electron chi connectivity index (χ3n) is 1.68. The van der Waals surface area contributed by atoms with Crippen LogP contribution in [0.25, 0.3) is 0 Å². The third-order valence-corrected chi connectivity index (χ3v) is 1.68. The van der Waals surface area contributed by atoms with Gasteiger partial charge in [-0.25, -0.2) is 0 Å². The van der Waals surface area contributed by atoms with E-state index in [0.29, 0.717) is 0 Å². The molecule has 0 bridgehead atoms. The highest BCUT2D eigenvalue weighted by Gasteiger charge is 2.28. The van der Waals surface area contributed by atoms with Crippen LogP contribution in [0, 0.1) is 0 Å². The molecule has 0 N–H and O–H groups in total. The molecule has 0 aromatic carbocycles. The van der Waals surface area contributed by atoms with Gasteiger partial charge in [0, 0.05) is 12.8 Å². The number of amides is 2. The van der Waals surface area contributed by atoms with Gasteiger partial charge in [0.2, 0.25) is 11.8 Å². The van der Waals surface area contributed by atoms with Crippen LogP contribution in [0.15, 0.2) is 0 Å². The second kappa shape index (κ2) is 4.13. The van der Waals surface area contributed by atoms with Crippen LogP contribution in [-0.4, -0.2) is 35.8 Å². The van der Waals surface area contributed by atoms with Gasteiger partial charge in [-0.05, 0) is 6.92 Å². The second-order valence-electron chi connectivity index (χ2n) is 2.90. The van der Waals surface area contributed by atoms with Gasteiger partial charge < -0.3 is 4.74 Å². The smallest absolute Gasteiger partial charge is 0.231 e. The molecular formula is C8H11NO4. The Morgan fingerprint density at radius 3 is 2.38 bits per heavy atom. The summed E-state index contributed by atoms with van der Waals surface area (Å²) < 4.78 is 4.85. The quantitative estimate of drug-likeness (QED) is 0.564. The number of nitrogens with zero attached hydrogens (tertiary/aromatic N) is 1. The Hall–Kier alpha value is -1.23. The van der Waals surface area contributed by atoms with Crippen molar-refractivity contribution in [3.8, 4) is 0 Å². The zero-order valence-corrected chi connectivity index (χ0v) is 7.41. The number of carbonyl (C=O) groups excluding carboxylic acids is 3. The molecule has 1 saturated heterocycles. The first kappa shape index (κ1) is 9.85. The fraction of sp³-hybridized carbons (Fsp3) is 0.625. The molecule has 0 aromatic rings. The zero-order chi connectivity index (χ0) is 9.84. The summed E-state index contributed by atoms with van der Waals surface area (Å²) in [6.07, 6.45) is 0.504. The highest BCUT2D eigenvalue weighted by atomic mass is 16.5. The summed E-state index contributed by atoms with van der Waals surface area (Å²) in [5, 5.41) is 0. The van der Waals surface area contributed by atoms with E-state index >= 15 is 0 Å². The van der Waals surface area contributed by atoms with Crippen molar-refractivity contribution in [2.75, 3.05) is 13.3 Å². The molecule has 1 aliphatic heterocycles. The lowest BCUT2D eigenvalue weighted by Gasteiger charge is -2.12. The molecule has 0 spiro atoms. The summed E-state index contributed by atoms with van der Waals surface area (Å²) in [7, 11) is 0. The van der Waals surface area contributed by atoms with Gasteiger partial charge >= 0.3 is 0 Å². The number of imide groups is 1. The zero-order valence-electron chi connectivity index (χ0n) is 7.41. The fourth-order valence-corrected chi connectivity index (χ4v) is 1.05. The predicted octanol–water partition coefficient (Wildman–Crippen LogP) is -0.302. The van der Waals surface area contributed by atoms with Gasteiger partial charge in [0.15, 0.2) is 5.78 Å². The average molecular weight is 185 g/mol. The molecule has 0 aromatic heterocycles. The van der Waals surface area contributed by atoms with E-state index in [1.165, 1.54) is 6.92 Å². The van der Waals surface area contributed by atoms with E-state index in [2.05, 4.69) is 0 Å². The van der Waals surface area contributed by atoms with Crippen molar-refractivity contribution in [3.63, 3.8) is 0 Å². The Kier molecular flexibility index (Phi) is 3.13. The van der Waals surface area contributed by atoms with Crippen LogP contribution in [0.5, 0.6) is 0 Å². The standard InChI is InChI=1S/C8H11NO4/c1-6(10)4-13-5-9-7(11)2-3-8(9)12/h2-5H2,1H3. The molecule has 1 fully saturated rings. The fourth-order valence-electron chi connectivity index (χ4n) is 1.05. The lowest BCUT2D eigenvalue weighted by molar-refractivity contribution is -0.146. The molecule has 0 atom stereocenters. The van der Waals surface area contributed by atoms with Crippen molar-refractivity contribution >= 4 is 17.6 Å². The van der Waals surface area contributed by atoms with Gasteiger partial charge in [-0.2, -0.15) is 0 Å². The molecule has 5 heteroatoms. The van der Waals surface area contributed by atoms with Crippen molar-refractivity contribution in [1.82, 2.24) is 4.90 Å². The number of rotatable bonds is 4. The van der Waals surface area contributed by atoms with Gasteiger partial charge in [-0.1, -0.05) is 0 Å². The third kappa shape index (κ3) is 2.62. The minimum absolute atomic E-state index is 0.0585. The van der Waals surface area contributed by atoms with Gasteiger partial charge in [-0.15, -0.1) is 0 Å². The van der Waals surface area contributed by atoms with Gasteiger partial charge in [0.05, 0.1) is 0 Å². The van der Waals surface area contributed by atoms with Crippen LogP contribution in [-0.2, 0) is 19.1 Å². The van der Waals surface area contributed by atoms with Crippen LogP contribution in [0.4, 0.5) is 0 Å².